The zero-order valence-corrected chi connectivity index (χ0v) is 12.1. The summed E-state index contributed by atoms with van der Waals surface area (Å²) in [4.78, 5) is 2.47. The van der Waals surface area contributed by atoms with Crippen molar-refractivity contribution in [2.24, 2.45) is 5.73 Å². The number of thioether (sulfide) groups is 1. The predicted molar refractivity (Wildman–Crippen MR) is 81.3 cm³/mol. The van der Waals surface area contributed by atoms with Crippen LogP contribution in [0.1, 0.15) is 18.2 Å². The molecular weight excluding hydrogens is 256 g/mol. The van der Waals surface area contributed by atoms with Crippen LogP contribution in [-0.4, -0.2) is 29.0 Å². The molecule has 2 N–H and O–H groups in total. The van der Waals surface area contributed by atoms with Crippen LogP contribution < -0.4 is 5.73 Å². The number of fused-ring (bicyclic) bond motifs is 1. The van der Waals surface area contributed by atoms with E-state index in [1.54, 1.807) is 0 Å². The summed E-state index contributed by atoms with van der Waals surface area (Å²) in [6.07, 6.45) is 0. The van der Waals surface area contributed by atoms with E-state index >= 15 is 0 Å². The number of nitrogens with two attached hydrogens (primary N) is 1. The number of hydrogen-bond donors (Lipinski definition) is 1. The summed E-state index contributed by atoms with van der Waals surface area (Å²) in [6.45, 7) is 5.98. The van der Waals surface area contributed by atoms with Crippen LogP contribution >= 0.6 is 11.8 Å². The Morgan fingerprint density at radius 1 is 1.42 bits per heavy atom. The van der Waals surface area contributed by atoms with Gasteiger partial charge in [-0.3, -0.25) is 4.90 Å². The van der Waals surface area contributed by atoms with Crippen LogP contribution in [0.2, 0.25) is 0 Å². The summed E-state index contributed by atoms with van der Waals surface area (Å²) in [5.74, 6) is 2.25. The van der Waals surface area contributed by atoms with Gasteiger partial charge in [-0.2, -0.15) is 11.8 Å². The molecule has 19 heavy (non-hydrogen) atoms. The Kier molecular flexibility index (Phi) is 3.82. The highest BCUT2D eigenvalue weighted by molar-refractivity contribution is 7.99. The van der Waals surface area contributed by atoms with Crippen LogP contribution in [0.15, 0.2) is 28.7 Å². The minimum absolute atomic E-state index is 0.546. The second kappa shape index (κ2) is 5.57. The van der Waals surface area contributed by atoms with Gasteiger partial charge in [-0.1, -0.05) is 25.1 Å². The lowest BCUT2D eigenvalue weighted by molar-refractivity contribution is 0.256. The van der Waals surface area contributed by atoms with Crippen molar-refractivity contribution < 1.29 is 4.42 Å². The van der Waals surface area contributed by atoms with E-state index in [4.69, 9.17) is 10.2 Å². The molecule has 1 atom stereocenters. The molecular formula is C15H20N2OS. The first-order valence-electron chi connectivity index (χ1n) is 6.81. The van der Waals surface area contributed by atoms with Crippen LogP contribution in [0, 0.1) is 0 Å². The molecule has 1 fully saturated rings. The minimum atomic E-state index is 0.546. The fourth-order valence-corrected chi connectivity index (χ4v) is 3.82. The Hall–Kier alpha value is -0.970. The number of hydrogen-bond acceptors (Lipinski definition) is 4. The third kappa shape index (κ3) is 2.66. The smallest absolute Gasteiger partial charge is 0.134 e. The second-order valence-corrected chi connectivity index (χ2v) is 6.67. The highest BCUT2D eigenvalue weighted by atomic mass is 32.2. The van der Waals surface area contributed by atoms with Crippen molar-refractivity contribution in [3.8, 4) is 0 Å². The van der Waals surface area contributed by atoms with Crippen molar-refractivity contribution in [1.29, 1.82) is 0 Å². The molecule has 1 aromatic carbocycles. The zero-order valence-electron chi connectivity index (χ0n) is 11.3. The fourth-order valence-electron chi connectivity index (χ4n) is 2.74. The van der Waals surface area contributed by atoms with Gasteiger partial charge in [-0.05, 0) is 6.07 Å². The average molecular weight is 276 g/mol. The van der Waals surface area contributed by atoms with Gasteiger partial charge in [0, 0.05) is 41.6 Å². The lowest BCUT2D eigenvalue weighted by Gasteiger charge is -2.29. The molecule has 1 aromatic heterocycles. The van der Waals surface area contributed by atoms with E-state index in [2.05, 4.69) is 29.7 Å². The van der Waals surface area contributed by atoms with E-state index in [9.17, 15) is 0 Å². The molecule has 1 aliphatic heterocycles. The lowest BCUT2D eigenvalue weighted by Crippen LogP contribution is -2.36. The lowest BCUT2D eigenvalue weighted by atomic mass is 10.1. The standard InChI is InChI=1S/C15H20N2OS/c1-11-9-17(6-7-19-11)10-15-13(8-16)12-4-2-3-5-14(12)18-15/h2-5,11H,6-10,16H2,1H3. The third-order valence-corrected chi connectivity index (χ3v) is 4.81. The van der Waals surface area contributed by atoms with Crippen molar-refractivity contribution in [1.82, 2.24) is 4.90 Å². The summed E-state index contributed by atoms with van der Waals surface area (Å²) in [5, 5.41) is 1.87. The molecule has 1 unspecified atom stereocenters. The number of rotatable bonds is 3. The molecule has 3 rings (SSSR count). The van der Waals surface area contributed by atoms with Gasteiger partial charge < -0.3 is 10.2 Å². The maximum atomic E-state index is 6.00. The SMILES string of the molecule is CC1CN(Cc2oc3ccccc3c2CN)CCS1. The Labute approximate surface area is 118 Å². The van der Waals surface area contributed by atoms with Crippen LogP contribution in [0.25, 0.3) is 11.0 Å². The van der Waals surface area contributed by atoms with E-state index in [0.717, 1.165) is 31.0 Å². The van der Waals surface area contributed by atoms with E-state index < -0.39 is 0 Å². The fraction of sp³-hybridized carbons (Fsp3) is 0.467. The number of furan rings is 1. The molecule has 1 aliphatic rings. The Morgan fingerprint density at radius 3 is 3.05 bits per heavy atom. The topological polar surface area (TPSA) is 42.4 Å². The van der Waals surface area contributed by atoms with E-state index in [1.807, 2.05) is 18.2 Å². The van der Waals surface area contributed by atoms with Crippen molar-refractivity contribution >= 4 is 22.7 Å². The van der Waals surface area contributed by atoms with Crippen LogP contribution in [-0.2, 0) is 13.1 Å². The minimum Gasteiger partial charge on any atom is -0.459 e. The summed E-state index contributed by atoms with van der Waals surface area (Å²) in [6, 6.07) is 8.17. The first-order chi connectivity index (χ1) is 9.28. The molecule has 2 heterocycles. The zero-order chi connectivity index (χ0) is 13.2. The van der Waals surface area contributed by atoms with Crippen LogP contribution in [0.4, 0.5) is 0 Å². The summed E-state index contributed by atoms with van der Waals surface area (Å²) in [5.41, 5.74) is 8.03. The van der Waals surface area contributed by atoms with Gasteiger partial charge in [0.05, 0.1) is 6.54 Å². The molecule has 0 saturated carbocycles. The Bertz CT molecular complexity index is 566. The van der Waals surface area contributed by atoms with Gasteiger partial charge in [0.2, 0.25) is 0 Å². The van der Waals surface area contributed by atoms with Crippen molar-refractivity contribution in [3.63, 3.8) is 0 Å². The highest BCUT2D eigenvalue weighted by Gasteiger charge is 2.20. The van der Waals surface area contributed by atoms with Gasteiger partial charge in [-0.25, -0.2) is 0 Å². The van der Waals surface area contributed by atoms with Crippen LogP contribution in [0.5, 0.6) is 0 Å². The molecule has 4 heteroatoms. The van der Waals surface area contributed by atoms with Crippen molar-refractivity contribution in [3.05, 3.63) is 35.6 Å². The summed E-state index contributed by atoms with van der Waals surface area (Å²) in [7, 11) is 0. The molecule has 2 aromatic rings. The first kappa shape index (κ1) is 13.0. The predicted octanol–water partition coefficient (Wildman–Crippen LogP) is 2.83. The monoisotopic (exact) mass is 276 g/mol. The van der Waals surface area contributed by atoms with Crippen molar-refractivity contribution in [2.45, 2.75) is 25.3 Å². The van der Waals surface area contributed by atoms with Gasteiger partial charge in [0.1, 0.15) is 11.3 Å². The highest BCUT2D eigenvalue weighted by Crippen LogP contribution is 2.28. The molecule has 0 spiro atoms. The summed E-state index contributed by atoms with van der Waals surface area (Å²) >= 11 is 2.05. The van der Waals surface area contributed by atoms with Gasteiger partial charge >= 0.3 is 0 Å². The maximum Gasteiger partial charge on any atom is 0.134 e. The number of nitrogens with zero attached hydrogens (tertiary/aromatic N) is 1. The van der Waals surface area contributed by atoms with Crippen LogP contribution in [0.3, 0.4) is 0 Å². The molecule has 0 radical (unpaired) electrons. The first-order valence-corrected chi connectivity index (χ1v) is 7.86. The maximum absolute atomic E-state index is 6.00. The molecule has 0 bridgehead atoms. The molecule has 0 amide bonds. The van der Waals surface area contributed by atoms with E-state index in [0.29, 0.717) is 11.8 Å². The average Bonchev–Trinajstić information content (AvgIpc) is 2.75. The quantitative estimate of drug-likeness (QED) is 0.936. The summed E-state index contributed by atoms with van der Waals surface area (Å²) < 4.78 is 6.00. The number of para-hydroxylation sites is 1. The normalized spacial score (nSPS) is 21.1. The van der Waals surface area contributed by atoms with E-state index in [-0.39, 0.29) is 0 Å². The van der Waals surface area contributed by atoms with Crippen molar-refractivity contribution in [2.75, 3.05) is 18.8 Å². The third-order valence-electron chi connectivity index (χ3n) is 3.68. The van der Waals surface area contributed by atoms with Gasteiger partial charge in [0.25, 0.3) is 0 Å². The van der Waals surface area contributed by atoms with Gasteiger partial charge in [0.15, 0.2) is 0 Å². The molecule has 102 valence electrons. The molecule has 0 aliphatic carbocycles. The second-order valence-electron chi connectivity index (χ2n) is 5.12. The van der Waals surface area contributed by atoms with E-state index in [1.165, 1.54) is 16.7 Å². The Morgan fingerprint density at radius 2 is 2.26 bits per heavy atom. The number of benzene rings is 1. The Balaban J connectivity index is 1.87. The molecule has 1 saturated heterocycles. The largest absolute Gasteiger partial charge is 0.459 e. The van der Waals surface area contributed by atoms with Gasteiger partial charge in [-0.15, -0.1) is 0 Å². The molecule has 3 nitrogen and oxygen atoms in total.